The molecule has 0 bridgehead atoms. The zero-order chi connectivity index (χ0) is 18.9. The summed E-state index contributed by atoms with van der Waals surface area (Å²) in [6, 6.07) is 7.39. The van der Waals surface area contributed by atoms with Crippen molar-refractivity contribution in [3.05, 3.63) is 29.8 Å². The van der Waals surface area contributed by atoms with E-state index in [9.17, 15) is 5.11 Å². The molecular weight excluding hydrogens is 445 g/mol. The number of hydrogen-bond donors (Lipinski definition) is 3. The van der Waals surface area contributed by atoms with Crippen LogP contribution in [0, 0.1) is 5.41 Å². The van der Waals surface area contributed by atoms with Gasteiger partial charge in [0.25, 0.3) is 0 Å². The van der Waals surface area contributed by atoms with Crippen molar-refractivity contribution in [3.8, 4) is 5.75 Å². The van der Waals surface area contributed by atoms with Crippen LogP contribution in [0.4, 0.5) is 0 Å². The van der Waals surface area contributed by atoms with E-state index in [2.05, 4.69) is 36.4 Å². The Morgan fingerprint density at radius 3 is 2.23 bits per heavy atom. The molecule has 150 valence electrons. The number of aliphatic imine (C=N–C) groups is 1. The molecule has 0 heterocycles. The van der Waals surface area contributed by atoms with Gasteiger partial charge in [0.2, 0.25) is 0 Å². The normalized spacial score (nSPS) is 14.2. The van der Waals surface area contributed by atoms with Gasteiger partial charge in [-0.05, 0) is 30.0 Å². The molecule has 7 heteroatoms. The van der Waals surface area contributed by atoms with Crippen LogP contribution < -0.4 is 15.4 Å². The van der Waals surface area contributed by atoms with Crippen LogP contribution in [0.5, 0.6) is 5.75 Å². The summed E-state index contributed by atoms with van der Waals surface area (Å²) in [5, 5.41) is 16.7. The summed E-state index contributed by atoms with van der Waals surface area (Å²) in [6.45, 7) is 10.1. The van der Waals surface area contributed by atoms with Crippen LogP contribution in [0.15, 0.2) is 29.3 Å². The van der Waals surface area contributed by atoms with Gasteiger partial charge in [0.05, 0.1) is 25.9 Å². The molecule has 6 nitrogen and oxygen atoms in total. The van der Waals surface area contributed by atoms with Crippen molar-refractivity contribution in [2.45, 2.75) is 39.9 Å². The van der Waals surface area contributed by atoms with Crippen molar-refractivity contribution >= 4 is 29.9 Å². The van der Waals surface area contributed by atoms with Crippen molar-refractivity contribution in [1.82, 2.24) is 10.6 Å². The minimum absolute atomic E-state index is 0. The lowest BCUT2D eigenvalue weighted by molar-refractivity contribution is 0.0241. The van der Waals surface area contributed by atoms with Crippen molar-refractivity contribution < 1.29 is 14.6 Å². The maximum Gasteiger partial charge on any atom is 0.191 e. The Hall–Kier alpha value is -1.06. The van der Waals surface area contributed by atoms with E-state index in [-0.39, 0.29) is 35.5 Å². The summed E-state index contributed by atoms with van der Waals surface area (Å²) >= 11 is 0. The maximum absolute atomic E-state index is 10.3. The highest BCUT2D eigenvalue weighted by Gasteiger charge is 2.24. The number of benzene rings is 1. The molecule has 2 atom stereocenters. The van der Waals surface area contributed by atoms with E-state index in [1.54, 1.807) is 14.2 Å². The van der Waals surface area contributed by atoms with E-state index in [4.69, 9.17) is 9.47 Å². The Kier molecular flexibility index (Phi) is 11.8. The Labute approximate surface area is 174 Å². The molecule has 0 aliphatic carbocycles. The summed E-state index contributed by atoms with van der Waals surface area (Å²) < 4.78 is 10.7. The minimum Gasteiger partial charge on any atom is -0.497 e. The van der Waals surface area contributed by atoms with Crippen LogP contribution >= 0.6 is 24.0 Å². The predicted molar refractivity (Wildman–Crippen MR) is 118 cm³/mol. The van der Waals surface area contributed by atoms with Gasteiger partial charge < -0.3 is 25.2 Å². The van der Waals surface area contributed by atoms with Crippen molar-refractivity contribution in [1.29, 1.82) is 0 Å². The number of hydrogen-bond acceptors (Lipinski definition) is 4. The highest BCUT2D eigenvalue weighted by molar-refractivity contribution is 14.0. The second kappa shape index (κ2) is 12.3. The zero-order valence-corrected chi connectivity index (χ0v) is 19.0. The molecule has 1 rings (SSSR count). The summed E-state index contributed by atoms with van der Waals surface area (Å²) in [5.41, 5.74) is 0.840. The molecule has 1 aromatic rings. The van der Waals surface area contributed by atoms with Gasteiger partial charge in [0, 0.05) is 20.2 Å². The van der Waals surface area contributed by atoms with Gasteiger partial charge in [-0.1, -0.05) is 32.9 Å². The van der Waals surface area contributed by atoms with E-state index >= 15 is 0 Å². The number of nitrogens with zero attached hydrogens (tertiary/aromatic N) is 1. The average Bonchev–Trinajstić information content (AvgIpc) is 2.58. The number of aliphatic hydroxyl groups is 1. The van der Waals surface area contributed by atoms with Crippen molar-refractivity contribution in [2.75, 3.05) is 33.9 Å². The fraction of sp³-hybridized carbons (Fsp3) is 0.632. The van der Waals surface area contributed by atoms with Crippen molar-refractivity contribution in [3.63, 3.8) is 0 Å². The summed E-state index contributed by atoms with van der Waals surface area (Å²) in [5.74, 6) is 1.44. The lowest BCUT2D eigenvalue weighted by atomic mass is 9.89. The van der Waals surface area contributed by atoms with Crippen LogP contribution in [0.1, 0.15) is 39.4 Å². The number of rotatable bonds is 8. The average molecular weight is 479 g/mol. The smallest absolute Gasteiger partial charge is 0.191 e. The number of halogens is 1. The molecule has 0 aromatic heterocycles. The Morgan fingerprint density at radius 2 is 1.77 bits per heavy atom. The minimum atomic E-state index is -0.629. The third kappa shape index (κ3) is 8.55. The van der Waals surface area contributed by atoms with Gasteiger partial charge >= 0.3 is 0 Å². The Balaban J connectivity index is 0.00000625. The molecule has 0 aliphatic heterocycles. The molecule has 1 aromatic carbocycles. The van der Waals surface area contributed by atoms with Gasteiger partial charge in [0.1, 0.15) is 5.75 Å². The van der Waals surface area contributed by atoms with Crippen LogP contribution in [0.2, 0.25) is 0 Å². The Morgan fingerprint density at radius 1 is 1.15 bits per heavy atom. The first kappa shape index (κ1) is 24.9. The van der Waals surface area contributed by atoms with Gasteiger partial charge in [-0.3, -0.25) is 4.99 Å². The predicted octanol–water partition coefficient (Wildman–Crippen LogP) is 2.96. The first-order valence-corrected chi connectivity index (χ1v) is 8.68. The van der Waals surface area contributed by atoms with Gasteiger partial charge in [-0.25, -0.2) is 0 Å². The van der Waals surface area contributed by atoms with E-state index in [1.807, 2.05) is 31.2 Å². The van der Waals surface area contributed by atoms with Crippen LogP contribution in [0.3, 0.4) is 0 Å². The van der Waals surface area contributed by atoms with Gasteiger partial charge in [0.15, 0.2) is 5.96 Å². The molecule has 2 unspecified atom stereocenters. The SMILES string of the molecule is CCNC(=NCC(OC)C(C)(C)C)NCC(O)c1ccc(OC)cc1.I. The topological polar surface area (TPSA) is 75.1 Å². The van der Waals surface area contributed by atoms with E-state index in [0.29, 0.717) is 19.0 Å². The van der Waals surface area contributed by atoms with Gasteiger partial charge in [-0.2, -0.15) is 0 Å². The molecule has 0 aliphatic rings. The Bertz CT molecular complexity index is 530. The monoisotopic (exact) mass is 479 g/mol. The summed E-state index contributed by atoms with van der Waals surface area (Å²) in [6.07, 6.45) is -0.606. The highest BCUT2D eigenvalue weighted by atomic mass is 127. The van der Waals surface area contributed by atoms with Crippen LogP contribution in [0.25, 0.3) is 0 Å². The lowest BCUT2D eigenvalue weighted by Gasteiger charge is -2.28. The lowest BCUT2D eigenvalue weighted by Crippen LogP contribution is -2.41. The molecule has 0 radical (unpaired) electrons. The second-order valence-electron chi connectivity index (χ2n) is 6.98. The number of aliphatic hydroxyl groups excluding tert-OH is 1. The summed E-state index contributed by atoms with van der Waals surface area (Å²) in [7, 11) is 3.33. The molecule has 0 saturated carbocycles. The molecule has 0 spiro atoms. The fourth-order valence-corrected chi connectivity index (χ4v) is 2.36. The third-order valence-electron chi connectivity index (χ3n) is 3.97. The number of nitrogens with one attached hydrogen (secondary N) is 2. The highest BCUT2D eigenvalue weighted by Crippen LogP contribution is 2.22. The summed E-state index contributed by atoms with van der Waals surface area (Å²) in [4.78, 5) is 4.58. The number of ether oxygens (including phenoxy) is 2. The molecule has 0 saturated heterocycles. The molecule has 0 amide bonds. The third-order valence-corrected chi connectivity index (χ3v) is 3.97. The number of methoxy groups -OCH3 is 2. The zero-order valence-electron chi connectivity index (χ0n) is 16.7. The second-order valence-corrected chi connectivity index (χ2v) is 6.98. The first-order chi connectivity index (χ1) is 11.8. The van der Waals surface area contributed by atoms with E-state index < -0.39 is 6.10 Å². The molecule has 26 heavy (non-hydrogen) atoms. The quantitative estimate of drug-likeness (QED) is 0.304. The first-order valence-electron chi connectivity index (χ1n) is 8.68. The van der Waals surface area contributed by atoms with Crippen LogP contribution in [-0.4, -0.2) is 51.0 Å². The largest absolute Gasteiger partial charge is 0.497 e. The molecular formula is C19H34IN3O3. The van der Waals surface area contributed by atoms with E-state index in [0.717, 1.165) is 17.9 Å². The van der Waals surface area contributed by atoms with Crippen LogP contribution in [-0.2, 0) is 4.74 Å². The maximum atomic E-state index is 10.3. The van der Waals surface area contributed by atoms with E-state index in [1.165, 1.54) is 0 Å². The van der Waals surface area contributed by atoms with Gasteiger partial charge in [-0.15, -0.1) is 24.0 Å². The molecule has 3 N–H and O–H groups in total. The number of guanidine groups is 1. The fourth-order valence-electron chi connectivity index (χ4n) is 2.36. The van der Waals surface area contributed by atoms with Crippen molar-refractivity contribution in [2.24, 2.45) is 10.4 Å². The standard InChI is InChI=1S/C19H33N3O3.HI/c1-7-20-18(22-13-17(25-6)19(2,3)4)21-12-16(23)14-8-10-15(24-5)11-9-14;/h8-11,16-17,23H,7,12-13H2,1-6H3,(H2,20,21,22);1H. The molecule has 0 fully saturated rings.